The Kier molecular flexibility index (Phi) is 10.4. The van der Waals surface area contributed by atoms with Crippen molar-refractivity contribution in [2.24, 2.45) is 0 Å². The smallest absolute Gasteiger partial charge is 0.0547 e. The van der Waals surface area contributed by atoms with E-state index in [9.17, 15) is 0 Å². The van der Waals surface area contributed by atoms with Gasteiger partial charge >= 0.3 is 0 Å². The van der Waals surface area contributed by atoms with Crippen LogP contribution in [0.15, 0.2) is 243 Å². The number of nitrogens with zero attached hydrogens (tertiary/aromatic N) is 2. The van der Waals surface area contributed by atoms with Crippen molar-refractivity contribution in [2.75, 3.05) is 4.90 Å². The van der Waals surface area contributed by atoms with Crippen LogP contribution in [0.25, 0.3) is 94.3 Å². The molecule has 0 amide bonds. The van der Waals surface area contributed by atoms with Crippen LogP contribution in [0.3, 0.4) is 0 Å². The molecule has 12 aromatic rings. The molecule has 2 aliphatic carbocycles. The summed E-state index contributed by atoms with van der Waals surface area (Å²) < 4.78 is 2.45. The Morgan fingerprint density at radius 2 is 0.750 bits per heavy atom. The average molecular weight is 975 g/mol. The minimum absolute atomic E-state index is 0.0486. The maximum absolute atomic E-state index is 2.45. The van der Waals surface area contributed by atoms with Crippen LogP contribution in [0.1, 0.15) is 61.1 Å². The first-order valence-electron chi connectivity index (χ1n) is 26.8. The van der Waals surface area contributed by atoms with Gasteiger partial charge in [0.15, 0.2) is 0 Å². The third kappa shape index (κ3) is 7.23. The number of rotatable bonds is 8. The van der Waals surface area contributed by atoms with Crippen LogP contribution in [0.2, 0.25) is 0 Å². The fraction of sp³-hybridized carbons (Fsp3) is 0.108. The van der Waals surface area contributed by atoms with E-state index in [1.54, 1.807) is 0 Å². The molecule has 11 aromatic carbocycles. The zero-order valence-electron chi connectivity index (χ0n) is 44.0. The largest absolute Gasteiger partial charge is 0.311 e. The quantitative estimate of drug-likeness (QED) is 0.147. The van der Waals surface area contributed by atoms with Crippen molar-refractivity contribution in [3.05, 3.63) is 276 Å². The predicted octanol–water partition coefficient (Wildman–Crippen LogP) is 20.2. The minimum Gasteiger partial charge on any atom is -0.311 e. The number of benzene rings is 11. The Labute approximate surface area is 446 Å². The molecule has 2 heteroatoms. The SMILES string of the molecule is Cc1ccc(N(c2ccc(-c3ccc4c(c3)C(C)(C)c3cc(C)ccc3-4)cc2)c2ccc(-c3cccc4c3c3ccccc3n4-c3cccc(-c4cccc(-c5ccc6c(c5)C(C)(C)c5ccccc5-6)c4)c3)cc2)cc1. The van der Waals surface area contributed by atoms with Crippen LogP contribution in [-0.4, -0.2) is 4.57 Å². The topological polar surface area (TPSA) is 8.17 Å². The second kappa shape index (κ2) is 17.3. The van der Waals surface area contributed by atoms with Crippen LogP contribution < -0.4 is 4.90 Å². The van der Waals surface area contributed by atoms with Gasteiger partial charge in [0.05, 0.1) is 11.0 Å². The van der Waals surface area contributed by atoms with E-state index in [2.05, 4.69) is 294 Å². The zero-order chi connectivity index (χ0) is 51.5. The lowest BCUT2D eigenvalue weighted by Crippen LogP contribution is -2.15. The van der Waals surface area contributed by atoms with E-state index in [0.29, 0.717) is 0 Å². The molecule has 364 valence electrons. The number of hydrogen-bond acceptors (Lipinski definition) is 1. The van der Waals surface area contributed by atoms with Gasteiger partial charge in [-0.3, -0.25) is 0 Å². The molecule has 0 aliphatic heterocycles. The monoisotopic (exact) mass is 974 g/mol. The molecular weight excluding hydrogens is 917 g/mol. The second-order valence-electron chi connectivity index (χ2n) is 22.3. The van der Waals surface area contributed by atoms with Gasteiger partial charge in [0.2, 0.25) is 0 Å². The predicted molar refractivity (Wildman–Crippen MR) is 322 cm³/mol. The molecule has 14 rings (SSSR count). The van der Waals surface area contributed by atoms with Gasteiger partial charge in [-0.1, -0.05) is 203 Å². The minimum atomic E-state index is -0.0547. The molecule has 1 aromatic heterocycles. The zero-order valence-corrected chi connectivity index (χ0v) is 44.0. The molecule has 0 unspecified atom stereocenters. The van der Waals surface area contributed by atoms with Crippen LogP contribution in [-0.2, 0) is 10.8 Å². The maximum atomic E-state index is 2.45. The molecule has 2 nitrogen and oxygen atoms in total. The fourth-order valence-corrected chi connectivity index (χ4v) is 12.9. The summed E-state index contributed by atoms with van der Waals surface area (Å²) in [6, 6.07) is 90.7. The molecule has 0 atom stereocenters. The highest BCUT2D eigenvalue weighted by atomic mass is 15.1. The molecule has 0 bridgehead atoms. The third-order valence-corrected chi connectivity index (χ3v) is 16.9. The fourth-order valence-electron chi connectivity index (χ4n) is 12.9. The van der Waals surface area contributed by atoms with E-state index < -0.39 is 0 Å². The van der Waals surface area contributed by atoms with Crippen LogP contribution in [0.5, 0.6) is 0 Å². The van der Waals surface area contributed by atoms with Crippen LogP contribution in [0, 0.1) is 13.8 Å². The van der Waals surface area contributed by atoms with Crippen molar-refractivity contribution in [1.29, 1.82) is 0 Å². The normalized spacial score (nSPS) is 13.6. The van der Waals surface area contributed by atoms with Crippen molar-refractivity contribution in [3.63, 3.8) is 0 Å². The van der Waals surface area contributed by atoms with Gasteiger partial charge < -0.3 is 9.47 Å². The van der Waals surface area contributed by atoms with Gasteiger partial charge in [0.1, 0.15) is 0 Å². The average Bonchev–Trinajstić information content (AvgIpc) is 4.06. The van der Waals surface area contributed by atoms with E-state index in [0.717, 1.165) is 22.7 Å². The van der Waals surface area contributed by atoms with Crippen LogP contribution >= 0.6 is 0 Å². The molecular formula is C74H58N2. The lowest BCUT2D eigenvalue weighted by atomic mass is 9.81. The third-order valence-electron chi connectivity index (χ3n) is 16.9. The summed E-state index contributed by atoms with van der Waals surface area (Å²) in [5.41, 5.74) is 30.0. The number of aromatic nitrogens is 1. The van der Waals surface area contributed by atoms with Gasteiger partial charge in [0, 0.05) is 44.4 Å². The summed E-state index contributed by atoms with van der Waals surface area (Å²) >= 11 is 0. The molecule has 1 heterocycles. The van der Waals surface area contributed by atoms with E-state index >= 15 is 0 Å². The summed E-state index contributed by atoms with van der Waals surface area (Å²) in [5, 5.41) is 2.49. The molecule has 0 radical (unpaired) electrons. The van der Waals surface area contributed by atoms with Crippen molar-refractivity contribution in [3.8, 4) is 72.4 Å². The highest BCUT2D eigenvalue weighted by Crippen LogP contribution is 2.52. The van der Waals surface area contributed by atoms with E-state index in [-0.39, 0.29) is 10.8 Å². The van der Waals surface area contributed by atoms with Gasteiger partial charge in [0.25, 0.3) is 0 Å². The first-order chi connectivity index (χ1) is 37.0. The molecule has 0 saturated heterocycles. The molecule has 76 heavy (non-hydrogen) atoms. The van der Waals surface area contributed by atoms with Gasteiger partial charge in [-0.05, 0) is 182 Å². The molecule has 2 aliphatic rings. The van der Waals surface area contributed by atoms with E-state index in [4.69, 9.17) is 0 Å². The second-order valence-corrected chi connectivity index (χ2v) is 22.3. The molecule has 0 saturated carbocycles. The Hall–Kier alpha value is -8.98. The maximum Gasteiger partial charge on any atom is 0.0547 e. The van der Waals surface area contributed by atoms with Crippen LogP contribution in [0.4, 0.5) is 17.1 Å². The summed E-state index contributed by atoms with van der Waals surface area (Å²) in [4.78, 5) is 2.37. The van der Waals surface area contributed by atoms with E-state index in [1.165, 1.54) is 122 Å². The summed E-state index contributed by atoms with van der Waals surface area (Å²) in [6.45, 7) is 13.8. The number of para-hydroxylation sites is 1. The van der Waals surface area contributed by atoms with Gasteiger partial charge in [-0.2, -0.15) is 0 Å². The van der Waals surface area contributed by atoms with Crippen molar-refractivity contribution >= 4 is 38.9 Å². The van der Waals surface area contributed by atoms with Gasteiger partial charge in [-0.15, -0.1) is 0 Å². The molecule has 0 spiro atoms. The summed E-state index contributed by atoms with van der Waals surface area (Å²) in [5.74, 6) is 0. The highest BCUT2D eigenvalue weighted by Gasteiger charge is 2.37. The molecule has 0 N–H and O–H groups in total. The van der Waals surface area contributed by atoms with E-state index in [1.807, 2.05) is 0 Å². The van der Waals surface area contributed by atoms with Crippen molar-refractivity contribution in [2.45, 2.75) is 52.4 Å². The lowest BCUT2D eigenvalue weighted by molar-refractivity contribution is 0.660. The molecule has 0 fully saturated rings. The lowest BCUT2D eigenvalue weighted by Gasteiger charge is -2.26. The highest BCUT2D eigenvalue weighted by molar-refractivity contribution is 6.16. The number of fused-ring (bicyclic) bond motifs is 9. The summed E-state index contributed by atoms with van der Waals surface area (Å²) in [6.07, 6.45) is 0. The van der Waals surface area contributed by atoms with Crippen molar-refractivity contribution < 1.29 is 0 Å². The first-order valence-corrected chi connectivity index (χ1v) is 26.8. The number of anilines is 3. The van der Waals surface area contributed by atoms with Crippen molar-refractivity contribution in [1.82, 2.24) is 4.57 Å². The standard InChI is InChI=1S/C74H58N2/c1-47-24-33-56(34-25-47)75(57-35-27-49(28-36-57)54-31-40-64-62-39-26-48(2)42-67(62)74(5,6)69(64)45-54)58-37-29-50(30-38-58)60-20-13-23-71-72(60)65-19-8-10-22-70(65)76(71)59-17-12-16-53(44-59)51-14-11-15-52(43-51)55-32-41-63-61-18-7-9-21-66(61)73(3,4)68(63)46-55/h7-46H,1-6H3. The summed E-state index contributed by atoms with van der Waals surface area (Å²) in [7, 11) is 0. The number of hydrogen-bond donors (Lipinski definition) is 0. The Morgan fingerprint density at radius 1 is 0.303 bits per heavy atom. The Bertz CT molecular complexity index is 4280. The Morgan fingerprint density at radius 3 is 1.43 bits per heavy atom. The number of aryl methyl sites for hydroxylation is 2. The Balaban J connectivity index is 0.794. The van der Waals surface area contributed by atoms with Gasteiger partial charge in [-0.25, -0.2) is 0 Å². The first kappa shape index (κ1) is 45.6.